The number of aromatic hydroxyl groups is 1. The number of ketones is 2. The predicted molar refractivity (Wildman–Crippen MR) is 101 cm³/mol. The monoisotopic (exact) mass is 360 g/mol. The molecular weight excluding hydrogens is 340 g/mol. The van der Waals surface area contributed by atoms with Crippen LogP contribution in [0.25, 0.3) is 0 Å². The molecule has 0 saturated heterocycles. The third kappa shape index (κ3) is 3.67. The zero-order chi connectivity index (χ0) is 18.8. The summed E-state index contributed by atoms with van der Waals surface area (Å²) in [6.07, 6.45) is 2.59. The summed E-state index contributed by atoms with van der Waals surface area (Å²) in [7, 11) is 0. The van der Waals surface area contributed by atoms with E-state index in [0.29, 0.717) is 13.0 Å². The van der Waals surface area contributed by atoms with Crippen LogP contribution in [0.2, 0.25) is 0 Å². The highest BCUT2D eigenvalue weighted by Gasteiger charge is 2.36. The number of rotatable bonds is 5. The normalized spacial score (nSPS) is 16.8. The molecule has 0 aliphatic heterocycles. The van der Waals surface area contributed by atoms with E-state index >= 15 is 0 Å². The average molecular weight is 360 g/mol. The van der Waals surface area contributed by atoms with Crippen molar-refractivity contribution in [3.8, 4) is 5.75 Å². The predicted octanol–water partition coefficient (Wildman–Crippen LogP) is 3.24. The highest BCUT2D eigenvalue weighted by molar-refractivity contribution is 6.09. The van der Waals surface area contributed by atoms with Gasteiger partial charge in [0.25, 0.3) is 0 Å². The molecule has 0 amide bonds. The van der Waals surface area contributed by atoms with Gasteiger partial charge in [-0.3, -0.25) is 9.59 Å². The zero-order valence-corrected chi connectivity index (χ0v) is 14.8. The number of Topliss-reactive ketones (excluding diaryl/α,β-unsaturated/α-hetero) is 2. The van der Waals surface area contributed by atoms with Crippen LogP contribution < -0.4 is 0 Å². The van der Waals surface area contributed by atoms with Crippen molar-refractivity contribution >= 4 is 11.6 Å². The van der Waals surface area contributed by atoms with Gasteiger partial charge in [-0.1, -0.05) is 42.5 Å². The lowest BCUT2D eigenvalue weighted by Gasteiger charge is -2.15. The number of hydrogen-bond donors (Lipinski definition) is 1. The maximum atomic E-state index is 12.4. The maximum absolute atomic E-state index is 12.4. The van der Waals surface area contributed by atoms with Crippen molar-refractivity contribution in [1.29, 1.82) is 0 Å². The second-order valence-corrected chi connectivity index (χ2v) is 6.98. The van der Waals surface area contributed by atoms with Crippen molar-refractivity contribution in [1.82, 2.24) is 9.55 Å². The standard InChI is InChI=1S/C22H20N2O3/c25-17-8-4-7-16(9-17)13-24-14-23-20(10-15-5-2-1-3-6-15)22(24)19-11-18(26)12-21(19)27/h1-9,14,19,25H,10-13H2. The third-order valence-corrected chi connectivity index (χ3v) is 4.96. The number of nitrogens with zero attached hydrogens (tertiary/aromatic N) is 2. The lowest BCUT2D eigenvalue weighted by molar-refractivity contribution is -0.122. The van der Waals surface area contributed by atoms with E-state index in [4.69, 9.17) is 0 Å². The topological polar surface area (TPSA) is 72.2 Å². The molecular formula is C22H20N2O3. The van der Waals surface area contributed by atoms with Crippen LogP contribution in [0.5, 0.6) is 5.75 Å². The smallest absolute Gasteiger partial charge is 0.149 e. The lowest BCUT2D eigenvalue weighted by Crippen LogP contribution is -2.14. The van der Waals surface area contributed by atoms with Crippen molar-refractivity contribution < 1.29 is 14.7 Å². The number of carbonyl (C=O) groups is 2. The minimum atomic E-state index is -0.434. The van der Waals surface area contributed by atoms with Crippen molar-refractivity contribution in [3.05, 3.63) is 83.4 Å². The van der Waals surface area contributed by atoms with Crippen LogP contribution in [0.3, 0.4) is 0 Å². The summed E-state index contributed by atoms with van der Waals surface area (Å²) in [4.78, 5) is 28.9. The maximum Gasteiger partial charge on any atom is 0.149 e. The average Bonchev–Trinajstić information content (AvgIpc) is 3.18. The van der Waals surface area contributed by atoms with Gasteiger partial charge < -0.3 is 9.67 Å². The molecule has 136 valence electrons. The minimum absolute atomic E-state index is 0.00670. The van der Waals surface area contributed by atoms with Crippen LogP contribution in [0.15, 0.2) is 60.9 Å². The first-order valence-corrected chi connectivity index (χ1v) is 9.00. The van der Waals surface area contributed by atoms with Gasteiger partial charge in [0.1, 0.15) is 17.3 Å². The van der Waals surface area contributed by atoms with Crippen LogP contribution in [0.1, 0.15) is 41.3 Å². The molecule has 5 heteroatoms. The van der Waals surface area contributed by atoms with Crippen LogP contribution >= 0.6 is 0 Å². The highest BCUT2D eigenvalue weighted by atomic mass is 16.3. The fraction of sp³-hybridized carbons (Fsp3) is 0.227. The Hall–Kier alpha value is -3.21. The van der Waals surface area contributed by atoms with Gasteiger partial charge in [-0.25, -0.2) is 4.98 Å². The van der Waals surface area contributed by atoms with Gasteiger partial charge in [-0.15, -0.1) is 0 Å². The molecule has 1 N–H and O–H groups in total. The van der Waals surface area contributed by atoms with Crippen LogP contribution in [0, 0.1) is 0 Å². The Morgan fingerprint density at radius 2 is 1.81 bits per heavy atom. The van der Waals surface area contributed by atoms with Crippen molar-refractivity contribution in [2.45, 2.75) is 31.7 Å². The first-order valence-electron chi connectivity index (χ1n) is 9.00. The van der Waals surface area contributed by atoms with E-state index in [0.717, 1.165) is 22.5 Å². The summed E-state index contributed by atoms with van der Waals surface area (Å²) in [6.45, 7) is 0.490. The molecule has 27 heavy (non-hydrogen) atoms. The number of imidazole rings is 1. The van der Waals surface area contributed by atoms with E-state index in [-0.39, 0.29) is 30.2 Å². The SMILES string of the molecule is O=C1CC(=O)C(c2c(Cc3ccccc3)ncn2Cc2cccc(O)c2)C1. The Balaban J connectivity index is 1.72. The number of carbonyl (C=O) groups excluding carboxylic acids is 2. The number of aromatic nitrogens is 2. The summed E-state index contributed by atoms with van der Waals surface area (Å²) < 4.78 is 1.94. The molecule has 1 aliphatic rings. The molecule has 0 spiro atoms. The zero-order valence-electron chi connectivity index (χ0n) is 14.8. The van der Waals surface area contributed by atoms with Crippen LogP contribution in [0.4, 0.5) is 0 Å². The Bertz CT molecular complexity index is 992. The van der Waals surface area contributed by atoms with E-state index in [1.165, 1.54) is 0 Å². The molecule has 1 atom stereocenters. The fourth-order valence-electron chi connectivity index (χ4n) is 3.72. The second-order valence-electron chi connectivity index (χ2n) is 6.98. The van der Waals surface area contributed by atoms with Gasteiger partial charge in [0.2, 0.25) is 0 Å². The van der Waals surface area contributed by atoms with Gasteiger partial charge in [0.15, 0.2) is 0 Å². The number of benzene rings is 2. The minimum Gasteiger partial charge on any atom is -0.508 e. The van der Waals surface area contributed by atoms with E-state index in [2.05, 4.69) is 4.98 Å². The van der Waals surface area contributed by atoms with Crippen LogP contribution in [-0.2, 0) is 22.6 Å². The van der Waals surface area contributed by atoms with Crippen molar-refractivity contribution in [3.63, 3.8) is 0 Å². The molecule has 1 heterocycles. The molecule has 3 aromatic rings. The van der Waals surface area contributed by atoms with E-state index in [9.17, 15) is 14.7 Å². The molecule has 5 nitrogen and oxygen atoms in total. The summed E-state index contributed by atoms with van der Waals surface area (Å²) in [6, 6.07) is 17.0. The van der Waals surface area contributed by atoms with Gasteiger partial charge in [0.05, 0.1) is 30.1 Å². The van der Waals surface area contributed by atoms with Gasteiger partial charge in [-0.05, 0) is 23.3 Å². The van der Waals surface area contributed by atoms with Gasteiger partial charge in [-0.2, -0.15) is 0 Å². The van der Waals surface area contributed by atoms with Crippen molar-refractivity contribution in [2.75, 3.05) is 0 Å². The Kier molecular flexibility index (Phi) is 4.59. The molecule has 1 aliphatic carbocycles. The number of phenolic OH excluding ortho intramolecular Hbond substituents is 1. The van der Waals surface area contributed by atoms with Gasteiger partial charge >= 0.3 is 0 Å². The molecule has 4 rings (SSSR count). The summed E-state index contributed by atoms with van der Waals surface area (Å²) in [5.41, 5.74) is 3.67. The number of hydrogen-bond acceptors (Lipinski definition) is 4. The Morgan fingerprint density at radius 3 is 2.52 bits per heavy atom. The molecule has 0 bridgehead atoms. The lowest BCUT2D eigenvalue weighted by atomic mass is 9.97. The largest absolute Gasteiger partial charge is 0.508 e. The number of phenols is 1. The first kappa shape index (κ1) is 17.2. The molecule has 2 aromatic carbocycles. The highest BCUT2D eigenvalue weighted by Crippen LogP contribution is 2.32. The molecule has 1 unspecified atom stereocenters. The van der Waals surface area contributed by atoms with Crippen molar-refractivity contribution in [2.24, 2.45) is 0 Å². The first-order chi connectivity index (χ1) is 13.1. The molecule has 1 fully saturated rings. The quantitative estimate of drug-likeness (QED) is 0.709. The van der Waals surface area contributed by atoms with Crippen LogP contribution in [-0.4, -0.2) is 26.2 Å². The second kappa shape index (κ2) is 7.19. The summed E-state index contributed by atoms with van der Waals surface area (Å²) >= 11 is 0. The summed E-state index contributed by atoms with van der Waals surface area (Å²) in [5.74, 6) is -0.283. The molecule has 1 aromatic heterocycles. The molecule has 1 saturated carbocycles. The Morgan fingerprint density at radius 1 is 1.04 bits per heavy atom. The molecule has 0 radical (unpaired) electrons. The third-order valence-electron chi connectivity index (χ3n) is 4.96. The van der Waals surface area contributed by atoms with E-state index in [1.54, 1.807) is 24.5 Å². The Labute approximate surface area is 157 Å². The fourth-order valence-corrected chi connectivity index (χ4v) is 3.72. The van der Waals surface area contributed by atoms with Gasteiger partial charge in [0, 0.05) is 19.4 Å². The summed E-state index contributed by atoms with van der Waals surface area (Å²) in [5, 5.41) is 9.73. The van der Waals surface area contributed by atoms with E-state index in [1.807, 2.05) is 41.0 Å². The van der Waals surface area contributed by atoms with E-state index < -0.39 is 5.92 Å².